The monoisotopic (exact) mass is 361 g/mol. The van der Waals surface area contributed by atoms with E-state index in [0.29, 0.717) is 11.6 Å². The van der Waals surface area contributed by atoms with Gasteiger partial charge >= 0.3 is 0 Å². The molecule has 25 heavy (non-hydrogen) atoms. The summed E-state index contributed by atoms with van der Waals surface area (Å²) in [6, 6.07) is 13.8. The topological polar surface area (TPSA) is 41.9 Å². The van der Waals surface area contributed by atoms with E-state index in [4.69, 9.17) is 21.1 Å². The molecule has 3 rings (SSSR count). The number of likely N-dealkylation sites (tertiary alicyclic amines) is 1. The lowest BCUT2D eigenvalue weighted by Gasteiger charge is -2.28. The van der Waals surface area contributed by atoms with Gasteiger partial charge in [-0.3, -0.25) is 4.90 Å². The Morgan fingerprint density at radius 2 is 1.92 bits per heavy atom. The van der Waals surface area contributed by atoms with Crippen LogP contribution in [-0.4, -0.2) is 37.3 Å². The summed E-state index contributed by atoms with van der Waals surface area (Å²) >= 11 is 6.22. The molecule has 5 heteroatoms. The first-order valence-electron chi connectivity index (χ1n) is 8.52. The zero-order valence-electron chi connectivity index (χ0n) is 14.6. The molecule has 1 saturated heterocycles. The summed E-state index contributed by atoms with van der Waals surface area (Å²) in [5.74, 6) is 1.46. The van der Waals surface area contributed by atoms with Gasteiger partial charge < -0.3 is 14.6 Å². The van der Waals surface area contributed by atoms with E-state index < -0.39 is 6.10 Å². The maximum atomic E-state index is 10.6. The molecule has 1 fully saturated rings. The van der Waals surface area contributed by atoms with Crippen LogP contribution in [0, 0.1) is 0 Å². The van der Waals surface area contributed by atoms with E-state index in [0.717, 1.165) is 36.4 Å². The van der Waals surface area contributed by atoms with Gasteiger partial charge in [-0.1, -0.05) is 35.9 Å². The van der Waals surface area contributed by atoms with Crippen molar-refractivity contribution in [2.45, 2.75) is 25.0 Å². The number of hydrogen-bond donors (Lipinski definition) is 1. The van der Waals surface area contributed by atoms with E-state index in [-0.39, 0.29) is 6.04 Å². The van der Waals surface area contributed by atoms with Crippen LogP contribution in [0.1, 0.15) is 36.1 Å². The van der Waals surface area contributed by atoms with Crippen molar-refractivity contribution in [3.8, 4) is 11.5 Å². The summed E-state index contributed by atoms with van der Waals surface area (Å²) < 4.78 is 10.8. The molecule has 1 heterocycles. The highest BCUT2D eigenvalue weighted by Gasteiger charge is 2.29. The van der Waals surface area contributed by atoms with Gasteiger partial charge in [-0.25, -0.2) is 0 Å². The average molecular weight is 362 g/mol. The van der Waals surface area contributed by atoms with Gasteiger partial charge in [0, 0.05) is 23.2 Å². The van der Waals surface area contributed by atoms with Crippen LogP contribution in [-0.2, 0) is 0 Å². The zero-order chi connectivity index (χ0) is 17.8. The van der Waals surface area contributed by atoms with E-state index in [1.54, 1.807) is 14.2 Å². The molecular formula is C20H24ClNO3. The Hall–Kier alpha value is -1.75. The third kappa shape index (κ3) is 3.92. The second-order valence-electron chi connectivity index (χ2n) is 6.30. The summed E-state index contributed by atoms with van der Waals surface area (Å²) in [4.78, 5) is 2.31. The Kier molecular flexibility index (Phi) is 5.84. The second kappa shape index (κ2) is 8.09. The molecule has 0 aromatic heterocycles. The van der Waals surface area contributed by atoms with Crippen LogP contribution in [0.25, 0.3) is 0 Å². The molecule has 1 N–H and O–H groups in total. The van der Waals surface area contributed by atoms with Gasteiger partial charge in [0.15, 0.2) is 11.5 Å². The number of methoxy groups -OCH3 is 2. The number of benzene rings is 2. The number of β-amino-alcohol motifs (C(OH)–C–C–N with tert-alkyl or cyclic N) is 1. The molecule has 0 unspecified atom stereocenters. The number of halogens is 1. The Bertz CT molecular complexity index is 722. The normalized spacial score (nSPS) is 19.0. The second-order valence-corrected chi connectivity index (χ2v) is 6.71. The third-order valence-corrected chi connectivity index (χ3v) is 5.17. The van der Waals surface area contributed by atoms with Crippen LogP contribution in [0.5, 0.6) is 11.5 Å². The van der Waals surface area contributed by atoms with Crippen LogP contribution in [0.15, 0.2) is 42.5 Å². The highest BCUT2D eigenvalue weighted by atomic mass is 35.5. The lowest BCUT2D eigenvalue weighted by atomic mass is 10.0. The highest BCUT2D eigenvalue weighted by molar-refractivity contribution is 6.31. The number of rotatable bonds is 6. The molecule has 2 aromatic carbocycles. The molecule has 0 radical (unpaired) electrons. The zero-order valence-corrected chi connectivity index (χ0v) is 15.4. The standard InChI is InChI=1S/C20H24ClNO3/c1-24-19-10-9-14(12-20(19)25-2)17-8-5-11-22(17)13-18(23)15-6-3-4-7-16(15)21/h3-4,6-7,9-10,12,17-18,23H,5,8,11,13H2,1-2H3/t17-,18+/m1/s1. The molecule has 1 aliphatic rings. The molecule has 0 aliphatic carbocycles. The molecule has 134 valence electrons. The minimum Gasteiger partial charge on any atom is -0.493 e. The summed E-state index contributed by atoms with van der Waals surface area (Å²) in [5.41, 5.74) is 1.96. The van der Waals surface area contributed by atoms with Crippen LogP contribution in [0.3, 0.4) is 0 Å². The van der Waals surface area contributed by atoms with Crippen molar-refractivity contribution < 1.29 is 14.6 Å². The van der Waals surface area contributed by atoms with Crippen molar-refractivity contribution in [3.63, 3.8) is 0 Å². The molecule has 2 atom stereocenters. The van der Waals surface area contributed by atoms with Crippen molar-refractivity contribution in [2.24, 2.45) is 0 Å². The summed E-state index contributed by atoms with van der Waals surface area (Å²) in [7, 11) is 3.29. The van der Waals surface area contributed by atoms with Crippen LogP contribution >= 0.6 is 11.6 Å². The molecule has 1 aliphatic heterocycles. The van der Waals surface area contributed by atoms with Crippen molar-refractivity contribution in [3.05, 3.63) is 58.6 Å². The first kappa shape index (κ1) is 18.1. The quantitative estimate of drug-likeness (QED) is 0.836. The maximum Gasteiger partial charge on any atom is 0.161 e. The summed E-state index contributed by atoms with van der Waals surface area (Å²) in [6.07, 6.45) is 1.56. The van der Waals surface area contributed by atoms with Crippen molar-refractivity contribution in [1.29, 1.82) is 0 Å². The SMILES string of the molecule is COc1ccc([C@H]2CCCN2C[C@H](O)c2ccccc2Cl)cc1OC. The van der Waals surface area contributed by atoms with Crippen molar-refractivity contribution in [2.75, 3.05) is 27.3 Å². The summed E-state index contributed by atoms with van der Waals surface area (Å²) in [5, 5.41) is 11.2. The van der Waals surface area contributed by atoms with Crippen molar-refractivity contribution in [1.82, 2.24) is 4.90 Å². The van der Waals surface area contributed by atoms with Gasteiger partial charge in [0.25, 0.3) is 0 Å². The number of aliphatic hydroxyl groups is 1. The lowest BCUT2D eigenvalue weighted by molar-refractivity contribution is 0.106. The molecule has 4 nitrogen and oxygen atoms in total. The molecule has 2 aromatic rings. The molecule has 0 bridgehead atoms. The first-order chi connectivity index (χ1) is 12.1. The van der Waals surface area contributed by atoms with E-state index in [1.165, 1.54) is 5.56 Å². The maximum absolute atomic E-state index is 10.6. The van der Waals surface area contributed by atoms with E-state index >= 15 is 0 Å². The van der Waals surface area contributed by atoms with Gasteiger partial charge in [0.2, 0.25) is 0 Å². The van der Waals surface area contributed by atoms with Gasteiger partial charge in [-0.2, -0.15) is 0 Å². The fourth-order valence-electron chi connectivity index (χ4n) is 3.55. The minimum atomic E-state index is -0.602. The third-order valence-electron chi connectivity index (χ3n) is 4.83. The molecule has 0 saturated carbocycles. The van der Waals surface area contributed by atoms with Crippen LogP contribution in [0.4, 0.5) is 0 Å². The van der Waals surface area contributed by atoms with Crippen LogP contribution < -0.4 is 9.47 Å². The van der Waals surface area contributed by atoms with E-state index in [1.807, 2.05) is 36.4 Å². The minimum absolute atomic E-state index is 0.261. The Balaban J connectivity index is 1.78. The predicted octanol–water partition coefficient (Wildman–Crippen LogP) is 4.23. The Labute approximate surface area is 153 Å². The average Bonchev–Trinajstić information content (AvgIpc) is 3.09. The largest absolute Gasteiger partial charge is 0.493 e. The van der Waals surface area contributed by atoms with Crippen LogP contribution in [0.2, 0.25) is 5.02 Å². The first-order valence-corrected chi connectivity index (χ1v) is 8.90. The molecular weight excluding hydrogens is 338 g/mol. The summed E-state index contributed by atoms with van der Waals surface area (Å²) in [6.45, 7) is 1.52. The van der Waals surface area contributed by atoms with Gasteiger partial charge in [-0.05, 0) is 43.1 Å². The van der Waals surface area contributed by atoms with Crippen molar-refractivity contribution >= 4 is 11.6 Å². The number of ether oxygens (including phenoxy) is 2. The predicted molar refractivity (Wildman–Crippen MR) is 99.5 cm³/mol. The highest BCUT2D eigenvalue weighted by Crippen LogP contribution is 2.38. The number of hydrogen-bond acceptors (Lipinski definition) is 4. The van der Waals surface area contributed by atoms with Gasteiger partial charge in [0.1, 0.15) is 0 Å². The fourth-order valence-corrected chi connectivity index (χ4v) is 3.81. The lowest BCUT2D eigenvalue weighted by Crippen LogP contribution is -2.28. The Morgan fingerprint density at radius 3 is 2.64 bits per heavy atom. The van der Waals surface area contributed by atoms with Gasteiger partial charge in [0.05, 0.1) is 20.3 Å². The fraction of sp³-hybridized carbons (Fsp3) is 0.400. The number of aliphatic hydroxyl groups excluding tert-OH is 1. The molecule has 0 spiro atoms. The number of nitrogens with zero attached hydrogens (tertiary/aromatic N) is 1. The molecule has 0 amide bonds. The van der Waals surface area contributed by atoms with Gasteiger partial charge in [-0.15, -0.1) is 0 Å². The van der Waals surface area contributed by atoms with E-state index in [2.05, 4.69) is 11.0 Å². The smallest absolute Gasteiger partial charge is 0.161 e. The Morgan fingerprint density at radius 1 is 1.16 bits per heavy atom. The van der Waals surface area contributed by atoms with E-state index in [9.17, 15) is 5.11 Å².